The van der Waals surface area contributed by atoms with Crippen LogP contribution in [0.5, 0.6) is 11.5 Å². The predicted molar refractivity (Wildman–Crippen MR) is 68.6 cm³/mol. The summed E-state index contributed by atoms with van der Waals surface area (Å²) in [6, 6.07) is 6.64. The number of hydrogen-bond donors (Lipinski definition) is 2. The maximum Gasteiger partial charge on any atom is 0.417 e. The third kappa shape index (κ3) is 4.01. The number of rotatable bonds is 7. The van der Waals surface area contributed by atoms with Crippen LogP contribution in [0.3, 0.4) is 0 Å². The van der Waals surface area contributed by atoms with Gasteiger partial charge in [-0.2, -0.15) is 13.2 Å². The Bertz CT molecular complexity index is 493. The third-order valence-corrected chi connectivity index (χ3v) is 2.90. The van der Waals surface area contributed by atoms with Crippen molar-refractivity contribution < 1.29 is 32.5 Å². The molecular formula is C13H16F3NO4. The summed E-state index contributed by atoms with van der Waals surface area (Å²) in [5, 5.41) is 10.7. The molecule has 0 radical (unpaired) electrons. The second-order valence-corrected chi connectivity index (χ2v) is 4.35. The molecule has 8 heteroatoms. The van der Waals surface area contributed by atoms with Crippen LogP contribution in [-0.2, 0) is 4.79 Å². The van der Waals surface area contributed by atoms with Gasteiger partial charge in [0.2, 0.25) is 5.54 Å². The van der Waals surface area contributed by atoms with E-state index in [9.17, 15) is 18.0 Å². The summed E-state index contributed by atoms with van der Waals surface area (Å²) < 4.78 is 48.4. The van der Waals surface area contributed by atoms with Crippen molar-refractivity contribution in [1.82, 2.24) is 5.32 Å². The van der Waals surface area contributed by atoms with E-state index in [4.69, 9.17) is 14.6 Å². The van der Waals surface area contributed by atoms with Crippen molar-refractivity contribution in [1.29, 1.82) is 0 Å². The first-order valence-electron chi connectivity index (χ1n) is 6.03. The molecule has 0 spiro atoms. The summed E-state index contributed by atoms with van der Waals surface area (Å²) in [6.45, 7) is 0.137. The molecule has 0 heterocycles. The molecule has 0 fully saturated rings. The van der Waals surface area contributed by atoms with Crippen LogP contribution in [0.15, 0.2) is 24.3 Å². The van der Waals surface area contributed by atoms with Crippen LogP contribution in [0.2, 0.25) is 0 Å². The lowest BCUT2D eigenvalue weighted by atomic mass is 10.0. The molecule has 21 heavy (non-hydrogen) atoms. The fraction of sp³-hybridized carbons (Fsp3) is 0.462. The Labute approximate surface area is 119 Å². The Morgan fingerprint density at radius 1 is 1.29 bits per heavy atom. The van der Waals surface area contributed by atoms with Gasteiger partial charge >= 0.3 is 12.1 Å². The zero-order valence-electron chi connectivity index (χ0n) is 11.5. The fourth-order valence-electron chi connectivity index (χ4n) is 1.50. The minimum atomic E-state index is -4.91. The number of para-hydroxylation sites is 2. The first-order chi connectivity index (χ1) is 9.72. The number of benzene rings is 1. The van der Waals surface area contributed by atoms with Crippen molar-refractivity contribution in [3.8, 4) is 11.5 Å². The smallest absolute Gasteiger partial charge is 0.417 e. The van der Waals surface area contributed by atoms with E-state index in [1.54, 1.807) is 24.3 Å². The SMILES string of the molecule is COc1ccccc1OCCNC(C)(C(=O)O)C(F)(F)F. The summed E-state index contributed by atoms with van der Waals surface area (Å²) in [4.78, 5) is 10.8. The zero-order chi connectivity index (χ0) is 16.1. The summed E-state index contributed by atoms with van der Waals surface area (Å²) in [7, 11) is 1.44. The van der Waals surface area contributed by atoms with Crippen LogP contribution in [0, 0.1) is 0 Å². The number of methoxy groups -OCH3 is 1. The van der Waals surface area contributed by atoms with E-state index in [0.29, 0.717) is 18.4 Å². The van der Waals surface area contributed by atoms with Gasteiger partial charge < -0.3 is 14.6 Å². The number of carboxylic acids is 1. The summed E-state index contributed by atoms with van der Waals surface area (Å²) in [5.74, 6) is -1.19. The van der Waals surface area contributed by atoms with Crippen molar-refractivity contribution in [3.05, 3.63) is 24.3 Å². The number of halogens is 3. The molecule has 1 unspecified atom stereocenters. The molecule has 0 aliphatic heterocycles. The average molecular weight is 307 g/mol. The van der Waals surface area contributed by atoms with Gasteiger partial charge in [-0.1, -0.05) is 12.1 Å². The van der Waals surface area contributed by atoms with E-state index in [2.05, 4.69) is 0 Å². The maximum absolute atomic E-state index is 12.7. The molecule has 0 saturated carbocycles. The Morgan fingerprint density at radius 2 is 1.86 bits per heavy atom. The van der Waals surface area contributed by atoms with E-state index < -0.39 is 17.7 Å². The van der Waals surface area contributed by atoms with Gasteiger partial charge in [-0.25, -0.2) is 4.79 Å². The number of aliphatic carboxylic acids is 1. The molecule has 0 aliphatic carbocycles. The molecule has 118 valence electrons. The van der Waals surface area contributed by atoms with Gasteiger partial charge in [0, 0.05) is 6.54 Å². The number of nitrogens with one attached hydrogen (secondary N) is 1. The molecule has 1 aromatic carbocycles. The summed E-state index contributed by atoms with van der Waals surface area (Å²) >= 11 is 0. The zero-order valence-corrected chi connectivity index (χ0v) is 11.5. The molecule has 0 saturated heterocycles. The van der Waals surface area contributed by atoms with Crippen LogP contribution in [-0.4, -0.2) is 43.1 Å². The van der Waals surface area contributed by atoms with E-state index in [1.165, 1.54) is 7.11 Å². The molecule has 1 rings (SSSR count). The molecule has 0 aliphatic rings. The standard InChI is InChI=1S/C13H16F3NO4/c1-12(11(18)19,13(14,15)16)17-7-8-21-10-6-4-3-5-9(10)20-2/h3-6,17H,7-8H2,1-2H3,(H,18,19). The van der Waals surface area contributed by atoms with Crippen LogP contribution >= 0.6 is 0 Å². The minimum Gasteiger partial charge on any atom is -0.493 e. The van der Waals surface area contributed by atoms with Gasteiger partial charge in [0.25, 0.3) is 0 Å². The van der Waals surface area contributed by atoms with Crippen LogP contribution in [0.4, 0.5) is 13.2 Å². The Hall–Kier alpha value is -1.96. The van der Waals surface area contributed by atoms with E-state index >= 15 is 0 Å². The molecule has 1 atom stereocenters. The Balaban J connectivity index is 2.58. The molecule has 2 N–H and O–H groups in total. The number of carboxylic acid groups (broad SMARTS) is 1. The monoisotopic (exact) mass is 307 g/mol. The quantitative estimate of drug-likeness (QED) is 0.755. The van der Waals surface area contributed by atoms with Gasteiger partial charge in [0.15, 0.2) is 11.5 Å². The van der Waals surface area contributed by atoms with Gasteiger partial charge in [-0.15, -0.1) is 0 Å². The lowest BCUT2D eigenvalue weighted by Gasteiger charge is -2.28. The van der Waals surface area contributed by atoms with Crippen LogP contribution in [0.1, 0.15) is 6.92 Å². The highest BCUT2D eigenvalue weighted by atomic mass is 19.4. The maximum atomic E-state index is 12.7. The Kier molecular flexibility index (Phi) is 5.42. The van der Waals surface area contributed by atoms with Crippen molar-refractivity contribution in [2.45, 2.75) is 18.6 Å². The first kappa shape index (κ1) is 17.1. The van der Waals surface area contributed by atoms with Crippen molar-refractivity contribution in [2.75, 3.05) is 20.3 Å². The highest BCUT2D eigenvalue weighted by Gasteiger charge is 2.57. The lowest BCUT2D eigenvalue weighted by Crippen LogP contribution is -2.60. The van der Waals surface area contributed by atoms with Crippen molar-refractivity contribution >= 4 is 5.97 Å². The van der Waals surface area contributed by atoms with Crippen molar-refractivity contribution in [2.24, 2.45) is 0 Å². The third-order valence-electron chi connectivity index (χ3n) is 2.90. The normalized spacial score (nSPS) is 14.3. The minimum absolute atomic E-state index is 0.140. The van der Waals surface area contributed by atoms with Gasteiger partial charge in [0.05, 0.1) is 7.11 Å². The molecular weight excluding hydrogens is 291 g/mol. The number of hydrogen-bond acceptors (Lipinski definition) is 4. The molecule has 5 nitrogen and oxygen atoms in total. The summed E-state index contributed by atoms with van der Waals surface area (Å²) in [5.41, 5.74) is -3.02. The molecule has 0 amide bonds. The number of carbonyl (C=O) groups is 1. The lowest BCUT2D eigenvalue weighted by molar-refractivity contribution is -0.206. The molecule has 0 bridgehead atoms. The van der Waals surface area contributed by atoms with Crippen LogP contribution < -0.4 is 14.8 Å². The topological polar surface area (TPSA) is 67.8 Å². The second kappa shape index (κ2) is 6.66. The van der Waals surface area contributed by atoms with Gasteiger partial charge in [-0.05, 0) is 19.1 Å². The van der Waals surface area contributed by atoms with E-state index in [-0.39, 0.29) is 13.2 Å². The van der Waals surface area contributed by atoms with E-state index in [0.717, 1.165) is 0 Å². The largest absolute Gasteiger partial charge is 0.493 e. The van der Waals surface area contributed by atoms with Crippen LogP contribution in [0.25, 0.3) is 0 Å². The first-order valence-corrected chi connectivity index (χ1v) is 6.03. The Morgan fingerprint density at radius 3 is 2.33 bits per heavy atom. The van der Waals surface area contributed by atoms with Gasteiger partial charge in [0.1, 0.15) is 6.61 Å². The predicted octanol–water partition coefficient (Wildman–Crippen LogP) is 2.07. The number of ether oxygens (including phenoxy) is 2. The molecule has 1 aromatic rings. The average Bonchev–Trinajstić information content (AvgIpc) is 2.42. The highest BCUT2D eigenvalue weighted by Crippen LogP contribution is 2.30. The second-order valence-electron chi connectivity index (χ2n) is 4.35. The number of alkyl halides is 3. The van der Waals surface area contributed by atoms with E-state index in [1.807, 2.05) is 5.32 Å². The van der Waals surface area contributed by atoms with Gasteiger partial charge in [-0.3, -0.25) is 5.32 Å². The molecule has 0 aromatic heterocycles. The summed E-state index contributed by atoms with van der Waals surface area (Å²) in [6.07, 6.45) is -4.91. The highest BCUT2D eigenvalue weighted by molar-refractivity contribution is 5.79. The van der Waals surface area contributed by atoms with Crippen molar-refractivity contribution in [3.63, 3.8) is 0 Å². The fourth-order valence-corrected chi connectivity index (χ4v) is 1.50.